The SMILES string of the molecule is COc1cc(Nc2nccc(N3CCCCC3)n2)cc(OC)c1OC.C[N-]CCc1ccc(Br)cc1.[K+]. The molecule has 0 bridgehead atoms. The Labute approximate surface area is 271 Å². The molecule has 10 heteroatoms. The Kier molecular flexibility index (Phi) is 14.8. The summed E-state index contributed by atoms with van der Waals surface area (Å²) in [5, 5.41) is 7.26. The summed E-state index contributed by atoms with van der Waals surface area (Å²) in [5.74, 6) is 3.20. The second-order valence-corrected chi connectivity index (χ2v) is 9.16. The number of nitrogens with one attached hydrogen (secondary N) is 1. The summed E-state index contributed by atoms with van der Waals surface area (Å²) in [4.78, 5) is 11.3. The molecule has 8 nitrogen and oxygen atoms in total. The molecule has 0 radical (unpaired) electrons. The van der Waals surface area contributed by atoms with E-state index in [0.717, 1.165) is 42.0 Å². The van der Waals surface area contributed by atoms with E-state index < -0.39 is 0 Å². The van der Waals surface area contributed by atoms with Crippen LogP contribution in [0.3, 0.4) is 0 Å². The van der Waals surface area contributed by atoms with E-state index in [1.807, 2.05) is 25.2 Å². The monoisotopic (exact) mass is 595 g/mol. The fourth-order valence-corrected chi connectivity index (χ4v) is 4.15. The second kappa shape index (κ2) is 17.2. The maximum Gasteiger partial charge on any atom is 1.00 e. The first-order valence-electron chi connectivity index (χ1n) is 12.0. The molecule has 1 aromatic heterocycles. The normalized spacial score (nSPS) is 12.5. The van der Waals surface area contributed by atoms with Crippen LogP contribution in [0, 0.1) is 0 Å². The molecule has 1 saturated heterocycles. The molecule has 0 amide bonds. The average molecular weight is 597 g/mol. The van der Waals surface area contributed by atoms with Gasteiger partial charge in [0.2, 0.25) is 11.7 Å². The standard InChI is InChI=1S/C18H24N4O3.C9H11BrN.K/c1-23-14-11-13(12-15(24-2)17(14)25-3)20-18-19-8-7-16(21-18)22-9-5-4-6-10-22;1-11-7-6-8-2-4-9(10)5-3-8;/h7-8,11-12H,4-6,9-10H2,1-3H3,(H,19,20,21);2-5H,6-7H2,1H3;/q;-1;+1. The van der Waals surface area contributed by atoms with Gasteiger partial charge in [-0.25, -0.2) is 4.98 Å². The van der Waals surface area contributed by atoms with Crippen molar-refractivity contribution in [2.45, 2.75) is 25.7 Å². The zero-order chi connectivity index (χ0) is 25.8. The van der Waals surface area contributed by atoms with Gasteiger partial charge in [-0.05, 0) is 49.4 Å². The quantitative estimate of drug-likeness (QED) is 0.380. The number of ether oxygens (including phenoxy) is 3. The molecule has 194 valence electrons. The summed E-state index contributed by atoms with van der Waals surface area (Å²) in [6.07, 6.45) is 6.53. The van der Waals surface area contributed by atoms with Gasteiger partial charge in [-0.2, -0.15) is 12.0 Å². The molecule has 1 aliphatic heterocycles. The second-order valence-electron chi connectivity index (χ2n) is 8.24. The Bertz CT molecular complexity index is 1060. The van der Waals surface area contributed by atoms with Crippen molar-refractivity contribution in [2.75, 3.05) is 58.2 Å². The van der Waals surface area contributed by atoms with Crippen LogP contribution in [0.1, 0.15) is 24.8 Å². The molecule has 2 aromatic carbocycles. The van der Waals surface area contributed by atoms with Gasteiger partial charge in [0.25, 0.3) is 0 Å². The number of hydrogen-bond donors (Lipinski definition) is 1. The molecular formula is C27H35BrKN5O3. The van der Waals surface area contributed by atoms with Crippen LogP contribution in [0.2, 0.25) is 0 Å². The molecule has 1 fully saturated rings. The third-order valence-electron chi connectivity index (χ3n) is 5.78. The molecular weight excluding hydrogens is 561 g/mol. The van der Waals surface area contributed by atoms with E-state index in [-0.39, 0.29) is 51.4 Å². The molecule has 0 aliphatic carbocycles. The van der Waals surface area contributed by atoms with E-state index in [9.17, 15) is 0 Å². The van der Waals surface area contributed by atoms with Crippen LogP contribution in [0.4, 0.5) is 17.5 Å². The van der Waals surface area contributed by atoms with Crippen molar-refractivity contribution in [1.82, 2.24) is 9.97 Å². The van der Waals surface area contributed by atoms with Crippen molar-refractivity contribution >= 4 is 33.4 Å². The van der Waals surface area contributed by atoms with Gasteiger partial charge < -0.3 is 29.7 Å². The number of methoxy groups -OCH3 is 3. The minimum Gasteiger partial charge on any atom is -0.665 e. The van der Waals surface area contributed by atoms with Crippen LogP contribution < -0.4 is 75.8 Å². The van der Waals surface area contributed by atoms with Crippen LogP contribution in [-0.2, 0) is 6.42 Å². The number of benzene rings is 2. The van der Waals surface area contributed by atoms with Gasteiger partial charge >= 0.3 is 51.4 Å². The summed E-state index contributed by atoms with van der Waals surface area (Å²) in [5.41, 5.74) is 2.11. The Balaban J connectivity index is 0.000000339. The summed E-state index contributed by atoms with van der Waals surface area (Å²) in [7, 11) is 6.61. The van der Waals surface area contributed by atoms with E-state index in [1.54, 1.807) is 27.5 Å². The first-order valence-corrected chi connectivity index (χ1v) is 12.8. The van der Waals surface area contributed by atoms with E-state index >= 15 is 0 Å². The fraction of sp³-hybridized carbons (Fsp3) is 0.407. The van der Waals surface area contributed by atoms with Gasteiger partial charge in [0, 0.05) is 41.6 Å². The maximum absolute atomic E-state index is 5.38. The van der Waals surface area contributed by atoms with Crippen LogP contribution in [0.5, 0.6) is 17.2 Å². The van der Waals surface area contributed by atoms with Crippen molar-refractivity contribution in [3.05, 3.63) is 64.0 Å². The van der Waals surface area contributed by atoms with E-state index in [4.69, 9.17) is 14.2 Å². The first-order chi connectivity index (χ1) is 17.6. The Hall–Kier alpha value is -1.40. The zero-order valence-corrected chi connectivity index (χ0v) is 27.2. The number of rotatable bonds is 9. The van der Waals surface area contributed by atoms with Gasteiger partial charge in [0.1, 0.15) is 5.82 Å². The Morgan fingerprint density at radius 2 is 1.59 bits per heavy atom. The molecule has 0 atom stereocenters. The predicted octanol–water partition coefficient (Wildman–Crippen LogP) is 3.24. The van der Waals surface area contributed by atoms with Gasteiger partial charge in [0.05, 0.1) is 21.3 Å². The molecule has 1 aliphatic rings. The number of likely N-dealkylation sites (N-methyl/N-ethyl adjacent to an activating group) is 1. The van der Waals surface area contributed by atoms with Crippen molar-refractivity contribution in [2.24, 2.45) is 0 Å². The first kappa shape index (κ1) is 31.8. The van der Waals surface area contributed by atoms with E-state index in [1.165, 1.54) is 24.8 Å². The van der Waals surface area contributed by atoms with Crippen molar-refractivity contribution in [3.63, 3.8) is 0 Å². The molecule has 2 heterocycles. The Morgan fingerprint density at radius 1 is 0.946 bits per heavy atom. The van der Waals surface area contributed by atoms with Gasteiger partial charge in [-0.3, -0.25) is 0 Å². The molecule has 4 rings (SSSR count). The van der Waals surface area contributed by atoms with Crippen molar-refractivity contribution in [3.8, 4) is 17.2 Å². The van der Waals surface area contributed by atoms with E-state index in [0.29, 0.717) is 23.2 Å². The topological polar surface area (TPSA) is 82.8 Å². The van der Waals surface area contributed by atoms with Crippen LogP contribution in [0.15, 0.2) is 53.1 Å². The van der Waals surface area contributed by atoms with Crippen molar-refractivity contribution in [1.29, 1.82) is 0 Å². The largest absolute Gasteiger partial charge is 1.00 e. The third-order valence-corrected chi connectivity index (χ3v) is 6.31. The van der Waals surface area contributed by atoms with E-state index in [2.05, 4.69) is 65.7 Å². The van der Waals surface area contributed by atoms with Gasteiger partial charge in [0.15, 0.2) is 11.5 Å². The zero-order valence-electron chi connectivity index (χ0n) is 22.5. The number of aromatic nitrogens is 2. The summed E-state index contributed by atoms with van der Waals surface area (Å²) in [6.45, 7) is 3.00. The number of hydrogen-bond acceptors (Lipinski definition) is 7. The van der Waals surface area contributed by atoms with Crippen LogP contribution in [0.25, 0.3) is 5.32 Å². The molecule has 3 aromatic rings. The summed E-state index contributed by atoms with van der Waals surface area (Å²) in [6, 6.07) is 14.0. The molecule has 0 spiro atoms. The number of piperidine rings is 1. The number of halogens is 1. The molecule has 0 saturated carbocycles. The number of anilines is 3. The fourth-order valence-electron chi connectivity index (χ4n) is 3.88. The molecule has 1 N–H and O–H groups in total. The van der Waals surface area contributed by atoms with Crippen LogP contribution >= 0.6 is 15.9 Å². The summed E-state index contributed by atoms with van der Waals surface area (Å²) < 4.78 is 17.2. The minimum absolute atomic E-state index is 0. The predicted molar refractivity (Wildman–Crippen MR) is 149 cm³/mol. The number of nitrogens with zero attached hydrogens (tertiary/aromatic N) is 4. The van der Waals surface area contributed by atoms with Gasteiger partial charge in [-0.15, -0.1) is 6.54 Å². The Morgan fingerprint density at radius 3 is 2.16 bits per heavy atom. The summed E-state index contributed by atoms with van der Waals surface area (Å²) >= 11 is 3.39. The maximum atomic E-state index is 5.38. The van der Waals surface area contributed by atoms with Crippen LogP contribution in [-0.4, -0.2) is 58.0 Å². The average Bonchev–Trinajstić information content (AvgIpc) is 2.93. The van der Waals surface area contributed by atoms with Gasteiger partial charge in [-0.1, -0.05) is 28.1 Å². The molecule has 0 unspecified atom stereocenters. The third kappa shape index (κ3) is 10.0. The minimum atomic E-state index is 0. The molecule has 37 heavy (non-hydrogen) atoms. The van der Waals surface area contributed by atoms with Crippen molar-refractivity contribution < 1.29 is 65.6 Å². The smallest absolute Gasteiger partial charge is 0.665 e.